The van der Waals surface area contributed by atoms with E-state index in [9.17, 15) is 9.59 Å². The van der Waals surface area contributed by atoms with Crippen molar-refractivity contribution >= 4 is 11.8 Å². The van der Waals surface area contributed by atoms with Gasteiger partial charge in [0.25, 0.3) is 0 Å². The summed E-state index contributed by atoms with van der Waals surface area (Å²) >= 11 is 0. The van der Waals surface area contributed by atoms with E-state index in [0.717, 1.165) is 45.3 Å². The SMILES string of the molecule is CCC(CC)(CN)C(=O)N1CCC(CNC(C)=O)CC1. The van der Waals surface area contributed by atoms with Crippen molar-refractivity contribution in [2.75, 3.05) is 26.2 Å². The molecule has 1 aliphatic heterocycles. The lowest BCUT2D eigenvalue weighted by Crippen LogP contribution is -2.50. The Bertz CT molecular complexity index is 324. The van der Waals surface area contributed by atoms with E-state index in [1.165, 1.54) is 6.92 Å². The van der Waals surface area contributed by atoms with E-state index >= 15 is 0 Å². The maximum absolute atomic E-state index is 12.7. The molecule has 0 aliphatic carbocycles. The molecule has 0 spiro atoms. The van der Waals surface area contributed by atoms with Gasteiger partial charge in [-0.2, -0.15) is 0 Å². The number of amides is 2. The van der Waals surface area contributed by atoms with Gasteiger partial charge in [0.2, 0.25) is 11.8 Å². The van der Waals surface area contributed by atoms with Gasteiger partial charge in [-0.15, -0.1) is 0 Å². The molecular formula is C15H29N3O2. The standard InChI is InChI=1S/C15H29N3O2/c1-4-15(5-2,11-16)14(20)18-8-6-13(7-9-18)10-17-12(3)19/h13H,4-11,16H2,1-3H3,(H,17,19). The van der Waals surface area contributed by atoms with Gasteiger partial charge in [0.1, 0.15) is 0 Å². The van der Waals surface area contributed by atoms with Crippen LogP contribution in [0.25, 0.3) is 0 Å². The molecule has 3 N–H and O–H groups in total. The van der Waals surface area contributed by atoms with Crippen molar-refractivity contribution in [2.24, 2.45) is 17.1 Å². The highest BCUT2D eigenvalue weighted by molar-refractivity contribution is 5.83. The van der Waals surface area contributed by atoms with Crippen LogP contribution in [-0.2, 0) is 9.59 Å². The number of rotatable bonds is 6. The van der Waals surface area contributed by atoms with E-state index in [-0.39, 0.29) is 17.2 Å². The average molecular weight is 283 g/mol. The summed E-state index contributed by atoms with van der Waals surface area (Å²) in [7, 11) is 0. The summed E-state index contributed by atoms with van der Waals surface area (Å²) in [4.78, 5) is 25.5. The van der Waals surface area contributed by atoms with Gasteiger partial charge in [0.15, 0.2) is 0 Å². The Morgan fingerprint density at radius 3 is 2.20 bits per heavy atom. The second-order valence-electron chi connectivity index (χ2n) is 5.86. The molecule has 0 aromatic carbocycles. The van der Waals surface area contributed by atoms with Gasteiger partial charge in [-0.25, -0.2) is 0 Å². The zero-order chi connectivity index (χ0) is 15.2. The normalized spacial score (nSPS) is 17.1. The highest BCUT2D eigenvalue weighted by Crippen LogP contribution is 2.29. The second-order valence-corrected chi connectivity index (χ2v) is 5.86. The van der Waals surface area contributed by atoms with Crippen LogP contribution in [0.4, 0.5) is 0 Å². The Morgan fingerprint density at radius 1 is 1.25 bits per heavy atom. The van der Waals surface area contributed by atoms with Crippen LogP contribution in [-0.4, -0.2) is 42.9 Å². The monoisotopic (exact) mass is 283 g/mol. The van der Waals surface area contributed by atoms with Crippen LogP contribution in [0, 0.1) is 11.3 Å². The Hall–Kier alpha value is -1.10. The fourth-order valence-corrected chi connectivity index (χ4v) is 2.89. The first-order valence-corrected chi connectivity index (χ1v) is 7.73. The summed E-state index contributed by atoms with van der Waals surface area (Å²) in [6.07, 6.45) is 3.51. The van der Waals surface area contributed by atoms with E-state index in [1.807, 2.05) is 18.7 Å². The zero-order valence-corrected chi connectivity index (χ0v) is 13.1. The number of carbonyl (C=O) groups excluding carboxylic acids is 2. The molecule has 0 radical (unpaired) electrons. The predicted octanol–water partition coefficient (Wildman–Crippen LogP) is 1.13. The molecule has 0 bridgehead atoms. The van der Waals surface area contributed by atoms with Gasteiger partial charge < -0.3 is 16.0 Å². The number of nitrogens with one attached hydrogen (secondary N) is 1. The molecule has 1 heterocycles. The van der Waals surface area contributed by atoms with E-state index < -0.39 is 0 Å². The quantitative estimate of drug-likeness (QED) is 0.767. The van der Waals surface area contributed by atoms with Gasteiger partial charge in [-0.3, -0.25) is 9.59 Å². The van der Waals surface area contributed by atoms with Crippen LogP contribution >= 0.6 is 0 Å². The van der Waals surface area contributed by atoms with Crippen LogP contribution in [0.5, 0.6) is 0 Å². The number of piperidine rings is 1. The summed E-state index contributed by atoms with van der Waals surface area (Å²) in [6.45, 7) is 8.33. The van der Waals surface area contributed by atoms with Crippen molar-refractivity contribution in [1.29, 1.82) is 0 Å². The minimum absolute atomic E-state index is 0.0163. The minimum Gasteiger partial charge on any atom is -0.356 e. The molecule has 2 amide bonds. The molecule has 20 heavy (non-hydrogen) atoms. The molecule has 1 rings (SSSR count). The van der Waals surface area contributed by atoms with Crippen LogP contribution in [0.15, 0.2) is 0 Å². The first-order chi connectivity index (χ1) is 9.49. The third-order valence-corrected chi connectivity index (χ3v) is 4.74. The highest BCUT2D eigenvalue weighted by Gasteiger charge is 2.37. The first kappa shape index (κ1) is 17.0. The van der Waals surface area contributed by atoms with Crippen molar-refractivity contribution in [3.05, 3.63) is 0 Å². The summed E-state index contributed by atoms with van der Waals surface area (Å²) in [5.41, 5.74) is 5.47. The van der Waals surface area contributed by atoms with Crippen LogP contribution in [0.1, 0.15) is 46.5 Å². The van der Waals surface area contributed by atoms with Crippen molar-refractivity contribution in [3.63, 3.8) is 0 Å². The third-order valence-electron chi connectivity index (χ3n) is 4.74. The fourth-order valence-electron chi connectivity index (χ4n) is 2.89. The van der Waals surface area contributed by atoms with Crippen molar-refractivity contribution in [3.8, 4) is 0 Å². The largest absolute Gasteiger partial charge is 0.356 e. The van der Waals surface area contributed by atoms with E-state index in [1.54, 1.807) is 0 Å². The first-order valence-electron chi connectivity index (χ1n) is 7.73. The van der Waals surface area contributed by atoms with Crippen molar-refractivity contribution in [2.45, 2.75) is 46.5 Å². The Morgan fingerprint density at radius 2 is 1.80 bits per heavy atom. The molecule has 1 saturated heterocycles. The molecule has 116 valence electrons. The minimum atomic E-state index is -0.384. The van der Waals surface area contributed by atoms with E-state index in [2.05, 4.69) is 5.32 Å². The number of hydrogen-bond acceptors (Lipinski definition) is 3. The summed E-state index contributed by atoms with van der Waals surface area (Å²) in [5.74, 6) is 0.712. The van der Waals surface area contributed by atoms with E-state index in [0.29, 0.717) is 12.5 Å². The predicted molar refractivity (Wildman–Crippen MR) is 80.1 cm³/mol. The van der Waals surface area contributed by atoms with Crippen molar-refractivity contribution in [1.82, 2.24) is 10.2 Å². The zero-order valence-electron chi connectivity index (χ0n) is 13.1. The summed E-state index contributed by atoms with van der Waals surface area (Å²) < 4.78 is 0. The van der Waals surface area contributed by atoms with Crippen LogP contribution in [0.2, 0.25) is 0 Å². The molecule has 1 aliphatic rings. The van der Waals surface area contributed by atoms with Crippen LogP contribution in [0.3, 0.4) is 0 Å². The molecule has 0 unspecified atom stereocenters. The summed E-state index contributed by atoms with van der Waals surface area (Å²) in [6, 6.07) is 0. The number of nitrogens with zero attached hydrogens (tertiary/aromatic N) is 1. The van der Waals surface area contributed by atoms with Gasteiger partial charge in [-0.05, 0) is 31.6 Å². The molecule has 0 aromatic heterocycles. The Balaban J connectivity index is 2.52. The number of nitrogens with two attached hydrogens (primary N) is 1. The molecule has 0 saturated carbocycles. The number of likely N-dealkylation sites (tertiary alicyclic amines) is 1. The fraction of sp³-hybridized carbons (Fsp3) is 0.867. The maximum atomic E-state index is 12.7. The molecular weight excluding hydrogens is 254 g/mol. The Kier molecular flexibility index (Phi) is 6.46. The molecule has 5 heteroatoms. The van der Waals surface area contributed by atoms with Gasteiger partial charge in [0.05, 0.1) is 5.41 Å². The average Bonchev–Trinajstić information content (AvgIpc) is 2.48. The van der Waals surface area contributed by atoms with Gasteiger partial charge in [-0.1, -0.05) is 13.8 Å². The molecule has 0 atom stereocenters. The number of hydrogen-bond donors (Lipinski definition) is 2. The molecule has 5 nitrogen and oxygen atoms in total. The topological polar surface area (TPSA) is 75.4 Å². The third kappa shape index (κ3) is 3.95. The lowest BCUT2D eigenvalue weighted by molar-refractivity contribution is -0.143. The van der Waals surface area contributed by atoms with Crippen LogP contribution < -0.4 is 11.1 Å². The molecule has 1 fully saturated rings. The smallest absolute Gasteiger partial charge is 0.230 e. The molecule has 0 aromatic rings. The Labute approximate surface area is 122 Å². The number of carbonyl (C=O) groups is 2. The lowest BCUT2D eigenvalue weighted by Gasteiger charge is -2.39. The maximum Gasteiger partial charge on any atom is 0.230 e. The van der Waals surface area contributed by atoms with Crippen molar-refractivity contribution < 1.29 is 9.59 Å². The lowest BCUT2D eigenvalue weighted by atomic mass is 9.80. The summed E-state index contributed by atoms with van der Waals surface area (Å²) in [5, 5.41) is 2.86. The van der Waals surface area contributed by atoms with Gasteiger partial charge >= 0.3 is 0 Å². The van der Waals surface area contributed by atoms with Gasteiger partial charge in [0, 0.05) is 33.1 Å². The second kappa shape index (κ2) is 7.62. The van der Waals surface area contributed by atoms with E-state index in [4.69, 9.17) is 5.73 Å². The highest BCUT2D eigenvalue weighted by atomic mass is 16.2.